The molecule has 220 valence electrons. The molecule has 0 aliphatic carbocycles. The highest BCUT2D eigenvalue weighted by atomic mass is 32.2. The number of carbonyl (C=O) groups is 2. The van der Waals surface area contributed by atoms with Crippen LogP contribution in [0.3, 0.4) is 0 Å². The van der Waals surface area contributed by atoms with E-state index >= 15 is 0 Å². The summed E-state index contributed by atoms with van der Waals surface area (Å²) in [6, 6.07) is 19.9. The molecule has 41 heavy (non-hydrogen) atoms. The van der Waals surface area contributed by atoms with Gasteiger partial charge in [-0.05, 0) is 90.4 Å². The van der Waals surface area contributed by atoms with Gasteiger partial charge in [0.1, 0.15) is 18.3 Å². The number of nitrogens with zero attached hydrogens (tertiary/aromatic N) is 2. The third-order valence-electron chi connectivity index (χ3n) is 6.46. The second-order valence-corrected chi connectivity index (χ2v) is 13.0. The zero-order chi connectivity index (χ0) is 30.4. The Kier molecular flexibility index (Phi) is 10.2. The van der Waals surface area contributed by atoms with Crippen LogP contribution in [0.15, 0.2) is 77.7 Å². The van der Waals surface area contributed by atoms with Crippen LogP contribution in [-0.2, 0) is 26.2 Å². The molecule has 2 amide bonds. The summed E-state index contributed by atoms with van der Waals surface area (Å²) in [4.78, 5) is 28.7. The predicted molar refractivity (Wildman–Crippen MR) is 162 cm³/mol. The van der Waals surface area contributed by atoms with Crippen molar-refractivity contribution in [1.82, 2.24) is 10.2 Å². The highest BCUT2D eigenvalue weighted by molar-refractivity contribution is 7.92. The van der Waals surface area contributed by atoms with Crippen LogP contribution >= 0.6 is 0 Å². The molecule has 0 aromatic heterocycles. The van der Waals surface area contributed by atoms with E-state index in [4.69, 9.17) is 4.74 Å². The molecule has 3 rings (SSSR count). The fourth-order valence-electron chi connectivity index (χ4n) is 4.19. The minimum absolute atomic E-state index is 0.0633. The normalized spacial score (nSPS) is 12.4. The van der Waals surface area contributed by atoms with E-state index in [0.717, 1.165) is 21.0 Å². The van der Waals surface area contributed by atoms with E-state index in [-0.39, 0.29) is 17.3 Å². The van der Waals surface area contributed by atoms with Gasteiger partial charge in [-0.1, -0.05) is 47.5 Å². The van der Waals surface area contributed by atoms with Crippen LogP contribution in [0.4, 0.5) is 5.69 Å². The Bertz CT molecular complexity index is 1430. The molecule has 1 atom stereocenters. The largest absolute Gasteiger partial charge is 0.494 e. The van der Waals surface area contributed by atoms with Gasteiger partial charge in [-0.3, -0.25) is 13.9 Å². The molecule has 0 heterocycles. The molecule has 0 saturated heterocycles. The first-order valence-electron chi connectivity index (χ1n) is 13.7. The summed E-state index contributed by atoms with van der Waals surface area (Å²) >= 11 is 0. The number of anilines is 1. The van der Waals surface area contributed by atoms with Crippen molar-refractivity contribution in [2.75, 3.05) is 17.5 Å². The van der Waals surface area contributed by atoms with Crippen LogP contribution in [0, 0.1) is 13.8 Å². The Morgan fingerprint density at radius 2 is 1.41 bits per heavy atom. The van der Waals surface area contributed by atoms with Crippen molar-refractivity contribution in [2.45, 2.75) is 71.5 Å². The third kappa shape index (κ3) is 8.57. The van der Waals surface area contributed by atoms with Crippen molar-refractivity contribution in [3.8, 4) is 5.75 Å². The summed E-state index contributed by atoms with van der Waals surface area (Å²) in [6.07, 6.45) is 0. The predicted octanol–water partition coefficient (Wildman–Crippen LogP) is 5.23. The van der Waals surface area contributed by atoms with Gasteiger partial charge in [-0.15, -0.1) is 0 Å². The fourth-order valence-corrected chi connectivity index (χ4v) is 5.60. The number of sulfonamides is 1. The van der Waals surface area contributed by atoms with E-state index in [0.29, 0.717) is 18.0 Å². The lowest BCUT2D eigenvalue weighted by Crippen LogP contribution is -2.54. The van der Waals surface area contributed by atoms with Gasteiger partial charge in [0.25, 0.3) is 10.0 Å². The SMILES string of the molecule is CCOc1ccc(N(CC(=O)N(Cc2ccc(C)cc2)C(C)C(=O)NC(C)(C)C)S(=O)(=O)c2ccc(C)cc2)cc1. The molecule has 0 aliphatic heterocycles. The smallest absolute Gasteiger partial charge is 0.264 e. The number of nitrogens with one attached hydrogen (secondary N) is 1. The monoisotopic (exact) mass is 579 g/mol. The van der Waals surface area contributed by atoms with Gasteiger partial charge in [0, 0.05) is 12.1 Å². The second-order valence-electron chi connectivity index (χ2n) is 11.2. The molecule has 3 aromatic rings. The molecule has 8 nitrogen and oxygen atoms in total. The van der Waals surface area contributed by atoms with Gasteiger partial charge in [0.15, 0.2) is 0 Å². The van der Waals surface area contributed by atoms with E-state index in [2.05, 4.69) is 5.32 Å². The van der Waals surface area contributed by atoms with Crippen LogP contribution in [0.2, 0.25) is 0 Å². The topological polar surface area (TPSA) is 96.0 Å². The summed E-state index contributed by atoms with van der Waals surface area (Å²) in [6.45, 7) is 13.1. The quantitative estimate of drug-likeness (QED) is 0.336. The molecule has 0 spiro atoms. The minimum Gasteiger partial charge on any atom is -0.494 e. The van der Waals surface area contributed by atoms with E-state index in [1.807, 2.05) is 65.8 Å². The summed E-state index contributed by atoms with van der Waals surface area (Å²) in [5.41, 5.74) is 2.61. The van der Waals surface area contributed by atoms with Gasteiger partial charge in [-0.25, -0.2) is 8.42 Å². The summed E-state index contributed by atoms with van der Waals surface area (Å²) in [5.74, 6) is -0.248. The minimum atomic E-state index is -4.13. The number of benzene rings is 3. The van der Waals surface area contributed by atoms with Crippen molar-refractivity contribution in [3.63, 3.8) is 0 Å². The van der Waals surface area contributed by atoms with E-state index < -0.39 is 34.1 Å². The van der Waals surface area contributed by atoms with Gasteiger partial charge >= 0.3 is 0 Å². The Balaban J connectivity index is 2.03. The molecule has 9 heteroatoms. The maximum absolute atomic E-state index is 14.0. The molecular formula is C32H41N3O5S. The van der Waals surface area contributed by atoms with Crippen LogP contribution in [-0.4, -0.2) is 49.9 Å². The van der Waals surface area contributed by atoms with Gasteiger partial charge < -0.3 is 15.0 Å². The highest BCUT2D eigenvalue weighted by Gasteiger charge is 2.33. The maximum Gasteiger partial charge on any atom is 0.264 e. The first-order chi connectivity index (χ1) is 19.2. The van der Waals surface area contributed by atoms with Gasteiger partial charge in [0.2, 0.25) is 11.8 Å². The molecule has 0 aliphatic rings. The van der Waals surface area contributed by atoms with Crippen molar-refractivity contribution in [2.24, 2.45) is 0 Å². The van der Waals surface area contributed by atoms with Crippen molar-refractivity contribution >= 4 is 27.5 Å². The first-order valence-corrected chi connectivity index (χ1v) is 15.1. The molecule has 1 unspecified atom stereocenters. The molecule has 0 fully saturated rings. The Hall–Kier alpha value is -3.85. The lowest BCUT2D eigenvalue weighted by molar-refractivity contribution is -0.140. The standard InChI is InChI=1S/C32H41N3O5S/c1-8-40-28-17-15-27(16-18-28)35(41(38,39)29-19-11-24(3)12-20-29)22-30(36)34(21-26-13-9-23(2)10-14-26)25(4)31(37)33-32(5,6)7/h9-20,25H,8,21-22H2,1-7H3,(H,33,37). The maximum atomic E-state index is 14.0. The van der Waals surface area contributed by atoms with E-state index in [1.54, 1.807) is 43.3 Å². The van der Waals surface area contributed by atoms with Gasteiger partial charge in [0.05, 0.1) is 17.2 Å². The van der Waals surface area contributed by atoms with Crippen LogP contribution in [0.5, 0.6) is 5.75 Å². The number of carbonyl (C=O) groups excluding carboxylic acids is 2. The molecule has 1 N–H and O–H groups in total. The third-order valence-corrected chi connectivity index (χ3v) is 8.25. The molecule has 3 aromatic carbocycles. The van der Waals surface area contributed by atoms with Gasteiger partial charge in [-0.2, -0.15) is 0 Å². The number of hydrogen-bond acceptors (Lipinski definition) is 5. The Labute approximate surface area is 244 Å². The summed E-state index contributed by atoms with van der Waals surface area (Å²) in [7, 11) is -4.13. The molecule has 0 radical (unpaired) electrons. The van der Waals surface area contributed by atoms with Crippen LogP contribution < -0.4 is 14.4 Å². The van der Waals surface area contributed by atoms with Crippen LogP contribution in [0.25, 0.3) is 0 Å². The Morgan fingerprint density at radius 1 is 0.878 bits per heavy atom. The number of ether oxygens (including phenoxy) is 1. The zero-order valence-corrected chi connectivity index (χ0v) is 25.8. The first kappa shape index (κ1) is 31.7. The lowest BCUT2D eigenvalue weighted by atomic mass is 10.1. The molecular weight excluding hydrogens is 538 g/mol. The second kappa shape index (κ2) is 13.2. The van der Waals surface area contributed by atoms with E-state index in [1.165, 1.54) is 17.0 Å². The molecule has 0 saturated carbocycles. The van der Waals surface area contributed by atoms with Crippen LogP contribution in [0.1, 0.15) is 51.3 Å². The number of aryl methyl sites for hydroxylation is 2. The zero-order valence-electron chi connectivity index (χ0n) is 25.0. The highest BCUT2D eigenvalue weighted by Crippen LogP contribution is 2.27. The number of amides is 2. The summed E-state index contributed by atoms with van der Waals surface area (Å²) in [5, 5.41) is 2.94. The van der Waals surface area contributed by atoms with E-state index in [9.17, 15) is 18.0 Å². The molecule has 0 bridgehead atoms. The van der Waals surface area contributed by atoms with Crippen molar-refractivity contribution < 1.29 is 22.7 Å². The lowest BCUT2D eigenvalue weighted by Gasteiger charge is -2.33. The Morgan fingerprint density at radius 3 is 1.93 bits per heavy atom. The van der Waals surface area contributed by atoms with Crippen molar-refractivity contribution in [1.29, 1.82) is 0 Å². The number of rotatable bonds is 11. The average molecular weight is 580 g/mol. The average Bonchev–Trinajstić information content (AvgIpc) is 2.91. The fraction of sp³-hybridized carbons (Fsp3) is 0.375. The number of hydrogen-bond donors (Lipinski definition) is 1. The summed E-state index contributed by atoms with van der Waals surface area (Å²) < 4.78 is 34.5. The van der Waals surface area contributed by atoms with Crippen molar-refractivity contribution in [3.05, 3.63) is 89.5 Å².